The molecule has 126 valence electrons. The Labute approximate surface area is 127 Å². The van der Waals surface area contributed by atoms with Crippen molar-refractivity contribution >= 4 is 13.7 Å². The van der Waals surface area contributed by atoms with Crippen LogP contribution >= 0.6 is 7.82 Å². The third-order valence-corrected chi connectivity index (χ3v) is 4.61. The van der Waals surface area contributed by atoms with Gasteiger partial charge < -0.3 is 15.4 Å². The Kier molecular flexibility index (Phi) is 5.57. The van der Waals surface area contributed by atoms with Crippen LogP contribution in [0.3, 0.4) is 0 Å². The number of amides is 1. The van der Waals surface area contributed by atoms with Crippen LogP contribution < -0.4 is 10.6 Å². The third-order valence-electron chi connectivity index (χ3n) is 2.96. The maximum absolute atomic E-state index is 14.4. The van der Waals surface area contributed by atoms with Gasteiger partial charge >= 0.3 is 7.82 Å². The lowest BCUT2D eigenvalue weighted by Gasteiger charge is -2.31. The van der Waals surface area contributed by atoms with Crippen molar-refractivity contribution in [2.75, 3.05) is 13.7 Å². The Morgan fingerprint density at radius 1 is 1.50 bits per heavy atom. The van der Waals surface area contributed by atoms with Crippen LogP contribution in [-0.2, 0) is 27.7 Å². The molecule has 0 bridgehead atoms. The number of hydrogen-bond donors (Lipinski definition) is 2. The normalized spacial score (nSPS) is 38.2. The van der Waals surface area contributed by atoms with E-state index in [9.17, 15) is 13.8 Å². The van der Waals surface area contributed by atoms with Crippen molar-refractivity contribution in [2.45, 2.75) is 44.6 Å². The Bertz CT molecular complexity index is 488. The highest BCUT2D eigenvalue weighted by atomic mass is 31.2. The van der Waals surface area contributed by atoms with E-state index >= 15 is 0 Å². The molecule has 22 heavy (non-hydrogen) atoms. The molecule has 10 heteroatoms. The molecule has 2 rings (SSSR count). The number of alkyl halides is 1. The van der Waals surface area contributed by atoms with Crippen LogP contribution in [-0.4, -0.2) is 50.3 Å². The van der Waals surface area contributed by atoms with E-state index in [4.69, 9.17) is 18.3 Å². The molecule has 5 atom stereocenters. The van der Waals surface area contributed by atoms with Crippen molar-refractivity contribution in [3.63, 3.8) is 0 Å². The van der Waals surface area contributed by atoms with E-state index in [1.165, 1.54) is 12.3 Å². The van der Waals surface area contributed by atoms with Crippen LogP contribution in [0.4, 0.5) is 4.39 Å². The zero-order valence-corrected chi connectivity index (χ0v) is 13.4. The third kappa shape index (κ3) is 4.05. The number of nitrogens with one attached hydrogen (secondary N) is 2. The quantitative estimate of drug-likeness (QED) is 0.567. The van der Waals surface area contributed by atoms with Crippen LogP contribution in [0.25, 0.3) is 0 Å². The van der Waals surface area contributed by atoms with Gasteiger partial charge in [-0.15, -0.1) is 0 Å². The van der Waals surface area contributed by atoms with Gasteiger partial charge in [-0.3, -0.25) is 18.4 Å². The maximum Gasteiger partial charge on any atom is 0.475 e. The van der Waals surface area contributed by atoms with Crippen molar-refractivity contribution in [3.05, 3.63) is 12.3 Å². The molecule has 2 heterocycles. The molecule has 0 spiro atoms. The first kappa shape index (κ1) is 17.4. The lowest BCUT2D eigenvalue weighted by Crippen LogP contribution is -2.42. The number of hydrogen-bond acceptors (Lipinski definition) is 7. The number of carbonyl (C=O) groups is 1. The van der Waals surface area contributed by atoms with E-state index < -0.39 is 44.4 Å². The molecule has 1 amide bonds. The Morgan fingerprint density at radius 3 is 2.86 bits per heavy atom. The fourth-order valence-electron chi connectivity index (χ4n) is 2.10. The SMILES string of the molecule is CN/C=C\C(=O)NC1OC2COP(=O)(OC(C)C)OC2C1F. The van der Waals surface area contributed by atoms with E-state index in [1.807, 2.05) is 0 Å². The molecule has 2 saturated heterocycles. The van der Waals surface area contributed by atoms with E-state index in [-0.39, 0.29) is 6.61 Å². The smallest absolute Gasteiger partial charge is 0.394 e. The second-order valence-electron chi connectivity index (χ2n) is 5.14. The van der Waals surface area contributed by atoms with E-state index in [2.05, 4.69) is 10.6 Å². The van der Waals surface area contributed by atoms with Gasteiger partial charge in [-0.05, 0) is 13.8 Å². The second kappa shape index (κ2) is 7.06. The highest BCUT2D eigenvalue weighted by Gasteiger charge is 2.54. The highest BCUT2D eigenvalue weighted by Crippen LogP contribution is 2.56. The largest absolute Gasteiger partial charge is 0.475 e. The van der Waals surface area contributed by atoms with Gasteiger partial charge in [0.1, 0.15) is 12.2 Å². The number of rotatable bonds is 5. The molecule has 0 aromatic carbocycles. The fourth-order valence-corrected chi connectivity index (χ4v) is 3.66. The second-order valence-corrected chi connectivity index (χ2v) is 6.71. The summed E-state index contributed by atoms with van der Waals surface area (Å²) in [4.78, 5) is 11.5. The monoisotopic (exact) mass is 338 g/mol. The van der Waals surface area contributed by atoms with Crippen LogP contribution in [0, 0.1) is 0 Å². The lowest BCUT2D eigenvalue weighted by atomic mass is 10.1. The molecule has 2 aliphatic rings. The summed E-state index contributed by atoms with van der Waals surface area (Å²) >= 11 is 0. The van der Waals surface area contributed by atoms with Crippen LogP contribution in [0.1, 0.15) is 13.8 Å². The fraction of sp³-hybridized carbons (Fsp3) is 0.750. The first-order valence-electron chi connectivity index (χ1n) is 6.90. The molecule has 2 aliphatic heterocycles. The number of phosphoric acid groups is 1. The van der Waals surface area contributed by atoms with Crippen LogP contribution in [0.15, 0.2) is 12.3 Å². The number of ether oxygens (including phenoxy) is 1. The predicted octanol–water partition coefficient (Wildman–Crippen LogP) is 0.847. The van der Waals surface area contributed by atoms with Crippen molar-refractivity contribution in [3.8, 4) is 0 Å². The topological polar surface area (TPSA) is 95.1 Å². The zero-order valence-electron chi connectivity index (χ0n) is 12.5. The molecule has 0 radical (unpaired) electrons. The summed E-state index contributed by atoms with van der Waals surface area (Å²) in [5.41, 5.74) is 0. The van der Waals surface area contributed by atoms with Crippen molar-refractivity contribution in [1.29, 1.82) is 0 Å². The van der Waals surface area contributed by atoms with Crippen molar-refractivity contribution < 1.29 is 32.1 Å². The van der Waals surface area contributed by atoms with Gasteiger partial charge in [-0.25, -0.2) is 8.96 Å². The molecule has 2 fully saturated rings. The lowest BCUT2D eigenvalue weighted by molar-refractivity contribution is -0.122. The summed E-state index contributed by atoms with van der Waals surface area (Å²) in [7, 11) is -2.19. The minimum atomic E-state index is -3.81. The van der Waals surface area contributed by atoms with Gasteiger partial charge in [0.25, 0.3) is 0 Å². The van der Waals surface area contributed by atoms with Gasteiger partial charge in [-0.1, -0.05) is 0 Å². The summed E-state index contributed by atoms with van der Waals surface area (Å²) in [6.45, 7) is 3.19. The molecule has 2 N–H and O–H groups in total. The van der Waals surface area contributed by atoms with Gasteiger partial charge in [0.2, 0.25) is 5.91 Å². The number of fused-ring (bicyclic) bond motifs is 1. The summed E-state index contributed by atoms with van der Waals surface area (Å²) in [5, 5.41) is 5.00. The first-order valence-corrected chi connectivity index (χ1v) is 8.36. The Balaban J connectivity index is 1.98. The van der Waals surface area contributed by atoms with Crippen LogP contribution in [0.2, 0.25) is 0 Å². The van der Waals surface area contributed by atoms with Crippen molar-refractivity contribution in [2.24, 2.45) is 0 Å². The highest BCUT2D eigenvalue weighted by molar-refractivity contribution is 7.48. The average molecular weight is 338 g/mol. The minimum Gasteiger partial charge on any atom is -0.394 e. The zero-order chi connectivity index (χ0) is 16.3. The predicted molar refractivity (Wildman–Crippen MR) is 74.6 cm³/mol. The molecule has 0 saturated carbocycles. The molecule has 0 aromatic heterocycles. The van der Waals surface area contributed by atoms with E-state index in [1.54, 1.807) is 20.9 Å². The minimum absolute atomic E-state index is 0.131. The molecule has 0 aliphatic carbocycles. The van der Waals surface area contributed by atoms with E-state index in [0.29, 0.717) is 0 Å². The van der Waals surface area contributed by atoms with Crippen LogP contribution in [0.5, 0.6) is 0 Å². The molecule has 5 unspecified atom stereocenters. The van der Waals surface area contributed by atoms with E-state index in [0.717, 1.165) is 0 Å². The molecular formula is C12H20FN2O6P. The average Bonchev–Trinajstić information content (AvgIpc) is 2.72. The molecule has 8 nitrogen and oxygen atoms in total. The van der Waals surface area contributed by atoms with Gasteiger partial charge in [0, 0.05) is 19.3 Å². The maximum atomic E-state index is 14.4. The molecular weight excluding hydrogens is 318 g/mol. The molecule has 0 aromatic rings. The summed E-state index contributed by atoms with van der Waals surface area (Å²) < 4.78 is 47.2. The summed E-state index contributed by atoms with van der Waals surface area (Å²) in [6, 6.07) is 0. The van der Waals surface area contributed by atoms with Gasteiger partial charge in [0.15, 0.2) is 12.4 Å². The van der Waals surface area contributed by atoms with Gasteiger partial charge in [-0.2, -0.15) is 0 Å². The number of carbonyl (C=O) groups excluding carboxylic acids is 1. The van der Waals surface area contributed by atoms with Crippen molar-refractivity contribution in [1.82, 2.24) is 10.6 Å². The number of phosphoric ester groups is 1. The number of halogens is 1. The van der Waals surface area contributed by atoms with Gasteiger partial charge in [0.05, 0.1) is 12.7 Å². The Morgan fingerprint density at radius 2 is 2.23 bits per heavy atom. The Hall–Kier alpha value is -0.990. The summed E-state index contributed by atoms with van der Waals surface area (Å²) in [6.07, 6.45) is -2.55. The first-order chi connectivity index (χ1) is 10.3. The summed E-state index contributed by atoms with van der Waals surface area (Å²) in [5.74, 6) is -0.525. The standard InChI is InChI=1S/C12H20FN2O6P/c1-7(2)20-22(17)18-6-8-11(21-22)10(13)12(19-8)15-9(16)4-5-14-3/h4-5,7-8,10-12,14H,6H2,1-3H3,(H,15,16)/b5-4-.